The van der Waals surface area contributed by atoms with Crippen LogP contribution in [-0.4, -0.2) is 9.97 Å². The predicted octanol–water partition coefficient (Wildman–Crippen LogP) is 3.91. The molecule has 0 radical (unpaired) electrons. The predicted molar refractivity (Wildman–Crippen MR) is 78.1 cm³/mol. The van der Waals surface area contributed by atoms with Crippen molar-refractivity contribution in [1.82, 2.24) is 9.97 Å². The van der Waals surface area contributed by atoms with Crippen LogP contribution in [0.15, 0.2) is 47.2 Å². The zero-order valence-corrected chi connectivity index (χ0v) is 11.8. The fourth-order valence-electron chi connectivity index (χ4n) is 1.78. The highest BCUT2D eigenvalue weighted by molar-refractivity contribution is 9.10. The van der Waals surface area contributed by atoms with Crippen LogP contribution in [0.5, 0.6) is 11.6 Å². The quantitative estimate of drug-likeness (QED) is 0.722. The number of rotatable bonds is 2. The Morgan fingerprint density at radius 2 is 1.95 bits per heavy atom. The molecule has 1 heterocycles. The minimum atomic E-state index is -0.349. The lowest BCUT2D eigenvalue weighted by Crippen LogP contribution is -1.93. The van der Waals surface area contributed by atoms with Gasteiger partial charge in [-0.25, -0.2) is 14.4 Å². The smallest absolute Gasteiger partial charge is 0.230 e. The van der Waals surface area contributed by atoms with Crippen LogP contribution in [0.3, 0.4) is 0 Å². The molecule has 0 unspecified atom stereocenters. The van der Waals surface area contributed by atoms with Gasteiger partial charge in [0.25, 0.3) is 0 Å². The molecule has 100 valence electrons. The van der Waals surface area contributed by atoms with Gasteiger partial charge in [0.2, 0.25) is 5.88 Å². The van der Waals surface area contributed by atoms with E-state index in [0.29, 0.717) is 27.3 Å². The van der Waals surface area contributed by atoms with E-state index in [4.69, 9.17) is 10.5 Å². The molecule has 0 saturated carbocycles. The lowest BCUT2D eigenvalue weighted by Gasteiger charge is -2.08. The SMILES string of the molecule is Nc1ccc2c(Oc3ccc(F)c(Br)c3)ncnc2c1. The van der Waals surface area contributed by atoms with Gasteiger partial charge in [-0.3, -0.25) is 0 Å². The molecule has 0 aliphatic carbocycles. The number of nitrogens with zero attached hydrogens (tertiary/aromatic N) is 2. The molecule has 1 aromatic heterocycles. The second kappa shape index (κ2) is 5.05. The number of nitrogen functional groups attached to an aromatic ring is 1. The molecule has 0 amide bonds. The van der Waals surface area contributed by atoms with Gasteiger partial charge in [-0.2, -0.15) is 0 Å². The number of aromatic nitrogens is 2. The molecule has 0 spiro atoms. The van der Waals surface area contributed by atoms with Gasteiger partial charge in [0, 0.05) is 5.69 Å². The molecule has 0 atom stereocenters. The van der Waals surface area contributed by atoms with E-state index in [0.717, 1.165) is 5.39 Å². The topological polar surface area (TPSA) is 61.0 Å². The molecule has 20 heavy (non-hydrogen) atoms. The van der Waals surface area contributed by atoms with Gasteiger partial charge < -0.3 is 10.5 Å². The Hall–Kier alpha value is -2.21. The first-order chi connectivity index (χ1) is 9.63. The van der Waals surface area contributed by atoms with Gasteiger partial charge in [0.15, 0.2) is 0 Å². The molecular weight excluding hydrogens is 325 g/mol. The summed E-state index contributed by atoms with van der Waals surface area (Å²) in [5.74, 6) is 0.529. The fraction of sp³-hybridized carbons (Fsp3) is 0. The van der Waals surface area contributed by atoms with E-state index in [1.807, 2.05) is 0 Å². The average molecular weight is 334 g/mol. The Kier molecular flexibility index (Phi) is 3.23. The zero-order valence-electron chi connectivity index (χ0n) is 10.2. The second-order valence-corrected chi connectivity index (χ2v) is 4.99. The summed E-state index contributed by atoms with van der Waals surface area (Å²) in [5, 5.41) is 0.738. The van der Waals surface area contributed by atoms with Crippen LogP contribution >= 0.6 is 15.9 Å². The van der Waals surface area contributed by atoms with E-state index in [1.54, 1.807) is 24.3 Å². The molecule has 0 saturated heterocycles. The molecule has 0 aliphatic rings. The zero-order chi connectivity index (χ0) is 14.1. The van der Waals surface area contributed by atoms with Crippen LogP contribution in [0.1, 0.15) is 0 Å². The normalized spacial score (nSPS) is 10.7. The van der Waals surface area contributed by atoms with Gasteiger partial charge in [-0.15, -0.1) is 0 Å². The largest absolute Gasteiger partial charge is 0.438 e. The Labute approximate surface area is 122 Å². The number of nitrogens with two attached hydrogens (primary N) is 1. The highest BCUT2D eigenvalue weighted by Crippen LogP contribution is 2.29. The van der Waals surface area contributed by atoms with Crippen molar-refractivity contribution in [3.8, 4) is 11.6 Å². The number of fused-ring (bicyclic) bond motifs is 1. The van der Waals surface area contributed by atoms with Gasteiger partial charge in [-0.1, -0.05) is 0 Å². The van der Waals surface area contributed by atoms with Crippen LogP contribution in [0.25, 0.3) is 10.9 Å². The maximum absolute atomic E-state index is 13.2. The van der Waals surface area contributed by atoms with Crippen LogP contribution in [-0.2, 0) is 0 Å². The molecule has 0 fully saturated rings. The van der Waals surface area contributed by atoms with Crippen LogP contribution in [0.4, 0.5) is 10.1 Å². The van der Waals surface area contributed by atoms with Crippen molar-refractivity contribution in [3.05, 3.63) is 53.0 Å². The summed E-state index contributed by atoms with van der Waals surface area (Å²) in [6.07, 6.45) is 1.40. The summed E-state index contributed by atoms with van der Waals surface area (Å²) in [6.45, 7) is 0. The third kappa shape index (κ3) is 2.42. The Morgan fingerprint density at radius 1 is 1.10 bits per heavy atom. The van der Waals surface area contributed by atoms with Crippen molar-refractivity contribution in [2.75, 3.05) is 5.73 Å². The Morgan fingerprint density at radius 3 is 2.75 bits per heavy atom. The summed E-state index contributed by atoms with van der Waals surface area (Å²) in [7, 11) is 0. The molecule has 3 aromatic rings. The van der Waals surface area contributed by atoms with Crippen molar-refractivity contribution in [1.29, 1.82) is 0 Å². The van der Waals surface area contributed by atoms with Gasteiger partial charge in [-0.05, 0) is 52.3 Å². The summed E-state index contributed by atoms with van der Waals surface area (Å²) in [6, 6.07) is 9.68. The number of halogens is 2. The maximum atomic E-state index is 13.2. The molecule has 2 aromatic carbocycles. The van der Waals surface area contributed by atoms with E-state index < -0.39 is 0 Å². The molecule has 0 bridgehead atoms. The van der Waals surface area contributed by atoms with E-state index in [2.05, 4.69) is 25.9 Å². The van der Waals surface area contributed by atoms with Crippen LogP contribution in [0, 0.1) is 5.82 Å². The van der Waals surface area contributed by atoms with Crippen molar-refractivity contribution in [2.45, 2.75) is 0 Å². The number of benzene rings is 2. The summed E-state index contributed by atoms with van der Waals surface area (Å²) < 4.78 is 19.2. The van der Waals surface area contributed by atoms with Gasteiger partial charge >= 0.3 is 0 Å². The van der Waals surface area contributed by atoms with Crippen LogP contribution < -0.4 is 10.5 Å². The summed E-state index contributed by atoms with van der Waals surface area (Å²) in [5.41, 5.74) is 7.02. The lowest BCUT2D eigenvalue weighted by molar-refractivity contribution is 0.466. The van der Waals surface area contributed by atoms with Crippen molar-refractivity contribution in [3.63, 3.8) is 0 Å². The third-order valence-corrected chi connectivity index (χ3v) is 3.34. The van der Waals surface area contributed by atoms with E-state index in [-0.39, 0.29) is 5.82 Å². The van der Waals surface area contributed by atoms with E-state index in [9.17, 15) is 4.39 Å². The first-order valence-corrected chi connectivity index (χ1v) is 6.56. The first kappa shape index (κ1) is 12.8. The minimum absolute atomic E-state index is 0.331. The van der Waals surface area contributed by atoms with Crippen molar-refractivity contribution >= 4 is 32.5 Å². The van der Waals surface area contributed by atoms with Crippen molar-refractivity contribution < 1.29 is 9.13 Å². The van der Waals surface area contributed by atoms with Gasteiger partial charge in [0.1, 0.15) is 17.9 Å². The van der Waals surface area contributed by atoms with E-state index >= 15 is 0 Å². The average Bonchev–Trinajstić information content (AvgIpc) is 2.43. The molecule has 6 heteroatoms. The molecule has 2 N–H and O–H groups in total. The fourth-order valence-corrected chi connectivity index (χ4v) is 2.14. The maximum Gasteiger partial charge on any atom is 0.230 e. The number of anilines is 1. The Bertz CT molecular complexity index is 794. The highest BCUT2D eigenvalue weighted by atomic mass is 79.9. The second-order valence-electron chi connectivity index (χ2n) is 4.13. The number of hydrogen-bond donors (Lipinski definition) is 1. The summed E-state index contributed by atoms with van der Waals surface area (Å²) >= 11 is 3.11. The number of hydrogen-bond acceptors (Lipinski definition) is 4. The minimum Gasteiger partial charge on any atom is -0.438 e. The number of ether oxygens (including phenoxy) is 1. The summed E-state index contributed by atoms with van der Waals surface area (Å²) in [4.78, 5) is 8.24. The molecule has 4 nitrogen and oxygen atoms in total. The first-order valence-electron chi connectivity index (χ1n) is 5.76. The lowest BCUT2D eigenvalue weighted by atomic mass is 10.2. The molecular formula is C14H9BrFN3O. The van der Waals surface area contributed by atoms with Crippen LogP contribution in [0.2, 0.25) is 0 Å². The standard InChI is InChI=1S/C14H9BrFN3O/c15-11-6-9(2-4-12(11)16)20-14-10-3-1-8(17)5-13(10)18-7-19-14/h1-7H,17H2. The van der Waals surface area contributed by atoms with Crippen molar-refractivity contribution in [2.24, 2.45) is 0 Å². The molecule has 0 aliphatic heterocycles. The highest BCUT2D eigenvalue weighted by Gasteiger charge is 2.08. The molecule has 3 rings (SSSR count). The van der Waals surface area contributed by atoms with Gasteiger partial charge in [0.05, 0.1) is 15.4 Å². The third-order valence-electron chi connectivity index (χ3n) is 2.73. The Balaban J connectivity index is 2.04. The monoisotopic (exact) mass is 333 g/mol. The van der Waals surface area contributed by atoms with E-state index in [1.165, 1.54) is 18.5 Å².